The summed E-state index contributed by atoms with van der Waals surface area (Å²) in [6.45, 7) is 2.22. The molecule has 1 N–H and O–H groups in total. The zero-order valence-corrected chi connectivity index (χ0v) is 17.5. The fraction of sp³-hybridized carbons (Fsp3) is 0.391. The molecule has 1 saturated heterocycles. The highest BCUT2D eigenvalue weighted by Crippen LogP contribution is 2.50. The highest BCUT2D eigenvalue weighted by molar-refractivity contribution is 9.10. The van der Waals surface area contributed by atoms with E-state index in [-0.39, 0.29) is 5.41 Å². The first kappa shape index (κ1) is 17.3. The molecular weight excluding hydrogens is 400 g/mol. The van der Waals surface area contributed by atoms with E-state index in [1.54, 1.807) is 6.07 Å². The lowest BCUT2D eigenvalue weighted by molar-refractivity contribution is 0.0985. The summed E-state index contributed by atoms with van der Waals surface area (Å²) in [5.74, 6) is 0.945. The molecule has 2 unspecified atom stereocenters. The quantitative estimate of drug-likeness (QED) is 0.616. The molecule has 0 spiro atoms. The van der Waals surface area contributed by atoms with Crippen molar-refractivity contribution >= 4 is 26.8 Å². The monoisotopic (exact) mass is 424 g/mol. The van der Waals surface area contributed by atoms with Crippen LogP contribution in [0.4, 0.5) is 0 Å². The number of phenolic OH excluding ortho intramolecular Hbond substituents is 1. The van der Waals surface area contributed by atoms with Gasteiger partial charge in [0, 0.05) is 34.6 Å². The van der Waals surface area contributed by atoms with Crippen molar-refractivity contribution < 1.29 is 5.11 Å². The van der Waals surface area contributed by atoms with Gasteiger partial charge in [0.1, 0.15) is 5.75 Å². The van der Waals surface area contributed by atoms with Crippen LogP contribution in [-0.2, 0) is 25.3 Å². The molecular formula is C23H25BrN2O. The summed E-state index contributed by atoms with van der Waals surface area (Å²) in [6.07, 6.45) is 3.28. The molecule has 5 rings (SSSR count). The first-order chi connectivity index (χ1) is 13.0. The highest BCUT2D eigenvalue weighted by atomic mass is 79.9. The van der Waals surface area contributed by atoms with Crippen LogP contribution >= 0.6 is 15.9 Å². The van der Waals surface area contributed by atoms with E-state index in [1.165, 1.54) is 32.2 Å². The number of benzene rings is 2. The summed E-state index contributed by atoms with van der Waals surface area (Å²) < 4.78 is 3.57. The van der Waals surface area contributed by atoms with Crippen LogP contribution in [0.1, 0.15) is 23.2 Å². The number of piperidine rings is 1. The molecule has 140 valence electrons. The van der Waals surface area contributed by atoms with Crippen molar-refractivity contribution in [2.45, 2.75) is 24.7 Å². The smallest absolute Gasteiger partial charge is 0.115 e. The number of rotatable bonds is 1. The molecule has 0 saturated carbocycles. The zero-order valence-electron chi connectivity index (χ0n) is 15.9. The Morgan fingerprint density at radius 2 is 1.96 bits per heavy atom. The third kappa shape index (κ3) is 2.50. The predicted octanol–water partition coefficient (Wildman–Crippen LogP) is 4.63. The summed E-state index contributed by atoms with van der Waals surface area (Å²) in [5, 5.41) is 11.5. The lowest BCUT2D eigenvalue weighted by atomic mass is 9.59. The van der Waals surface area contributed by atoms with Crippen molar-refractivity contribution in [2.75, 3.05) is 20.1 Å². The number of phenols is 1. The molecule has 2 atom stereocenters. The minimum Gasteiger partial charge on any atom is -0.508 e. The first-order valence-electron chi connectivity index (χ1n) is 9.72. The molecule has 1 aromatic heterocycles. The van der Waals surface area contributed by atoms with Gasteiger partial charge in [-0.1, -0.05) is 24.3 Å². The van der Waals surface area contributed by atoms with Gasteiger partial charge in [0.15, 0.2) is 0 Å². The van der Waals surface area contributed by atoms with Gasteiger partial charge in [-0.3, -0.25) is 0 Å². The number of aryl methyl sites for hydroxylation is 1. The van der Waals surface area contributed by atoms with Gasteiger partial charge in [-0.25, -0.2) is 0 Å². The van der Waals surface area contributed by atoms with E-state index in [1.807, 2.05) is 12.1 Å². The average molecular weight is 425 g/mol. The maximum absolute atomic E-state index is 10.2. The van der Waals surface area contributed by atoms with Gasteiger partial charge < -0.3 is 14.6 Å². The minimum absolute atomic E-state index is 0.104. The molecule has 0 amide bonds. The molecule has 4 heteroatoms. The van der Waals surface area contributed by atoms with Crippen molar-refractivity contribution in [2.24, 2.45) is 13.0 Å². The summed E-state index contributed by atoms with van der Waals surface area (Å²) in [4.78, 5) is 2.47. The Hall–Kier alpha value is -1.78. The van der Waals surface area contributed by atoms with Crippen molar-refractivity contribution in [1.29, 1.82) is 0 Å². The largest absolute Gasteiger partial charge is 0.508 e. The topological polar surface area (TPSA) is 28.4 Å². The van der Waals surface area contributed by atoms with Crippen LogP contribution in [0.2, 0.25) is 0 Å². The number of halogens is 1. The Balaban J connectivity index is 1.73. The third-order valence-electron chi connectivity index (χ3n) is 7.01. The number of aromatic hydroxyl groups is 1. The van der Waals surface area contributed by atoms with Crippen molar-refractivity contribution in [1.82, 2.24) is 9.47 Å². The molecule has 1 fully saturated rings. The number of hydrogen-bond donors (Lipinski definition) is 1. The SMILES string of the molecule is CN1CCC2(c3cccc(O)c3)Cc3c(c4cccc(Br)c4n3C)CC2C1. The number of para-hydroxylation sites is 1. The predicted molar refractivity (Wildman–Crippen MR) is 113 cm³/mol. The third-order valence-corrected chi connectivity index (χ3v) is 7.65. The van der Waals surface area contributed by atoms with Gasteiger partial charge in [0.2, 0.25) is 0 Å². The Labute approximate surface area is 168 Å². The number of likely N-dealkylation sites (tertiary alicyclic amines) is 1. The van der Waals surface area contributed by atoms with E-state index in [4.69, 9.17) is 0 Å². The van der Waals surface area contributed by atoms with Crippen molar-refractivity contribution in [3.05, 3.63) is 63.8 Å². The standard InChI is InChI=1S/C23H25BrN2O/c1-25-10-9-23(15-5-3-6-17(27)11-15)13-21-19(12-16(23)14-25)18-7-4-8-20(24)22(18)26(21)2/h3-8,11,16,27H,9-10,12-14H2,1-2H3. The minimum atomic E-state index is 0.104. The first-order valence-corrected chi connectivity index (χ1v) is 10.5. The fourth-order valence-electron chi connectivity index (χ4n) is 5.62. The van der Waals surface area contributed by atoms with Crippen LogP contribution in [0.3, 0.4) is 0 Å². The Morgan fingerprint density at radius 3 is 2.78 bits per heavy atom. The molecule has 2 aromatic carbocycles. The van der Waals surface area contributed by atoms with E-state index in [9.17, 15) is 5.11 Å². The second-order valence-electron chi connectivity index (χ2n) is 8.42. The van der Waals surface area contributed by atoms with Gasteiger partial charge in [0.25, 0.3) is 0 Å². The molecule has 0 bridgehead atoms. The van der Waals surface area contributed by atoms with Crippen LogP contribution in [0.5, 0.6) is 5.75 Å². The van der Waals surface area contributed by atoms with Crippen LogP contribution in [0.15, 0.2) is 46.9 Å². The van der Waals surface area contributed by atoms with E-state index in [2.05, 4.69) is 63.8 Å². The lowest BCUT2D eigenvalue weighted by Crippen LogP contribution is -2.52. The molecule has 1 aliphatic heterocycles. The van der Waals surface area contributed by atoms with Crippen molar-refractivity contribution in [3.8, 4) is 5.75 Å². The number of nitrogens with zero attached hydrogens (tertiary/aromatic N) is 2. The normalized spacial score (nSPS) is 25.4. The van der Waals surface area contributed by atoms with E-state index in [0.717, 1.165) is 32.4 Å². The number of aromatic nitrogens is 1. The second kappa shape index (κ2) is 6.11. The Morgan fingerprint density at radius 1 is 1.15 bits per heavy atom. The molecule has 3 aromatic rings. The maximum atomic E-state index is 10.2. The summed E-state index contributed by atoms with van der Waals surface area (Å²) in [7, 11) is 4.44. The summed E-state index contributed by atoms with van der Waals surface area (Å²) in [5.41, 5.74) is 5.69. The van der Waals surface area contributed by atoms with Crippen LogP contribution < -0.4 is 0 Å². The molecule has 2 heterocycles. The number of hydrogen-bond acceptors (Lipinski definition) is 2. The van der Waals surface area contributed by atoms with E-state index < -0.39 is 0 Å². The Bertz CT molecular complexity index is 1040. The van der Waals surface area contributed by atoms with E-state index >= 15 is 0 Å². The van der Waals surface area contributed by atoms with Crippen LogP contribution in [0, 0.1) is 5.92 Å². The molecule has 3 nitrogen and oxygen atoms in total. The van der Waals surface area contributed by atoms with Crippen molar-refractivity contribution in [3.63, 3.8) is 0 Å². The molecule has 0 radical (unpaired) electrons. The second-order valence-corrected chi connectivity index (χ2v) is 9.27. The lowest BCUT2D eigenvalue weighted by Gasteiger charge is -2.50. The van der Waals surface area contributed by atoms with E-state index in [0.29, 0.717) is 11.7 Å². The van der Waals surface area contributed by atoms with Gasteiger partial charge >= 0.3 is 0 Å². The molecule has 2 aliphatic rings. The number of fused-ring (bicyclic) bond motifs is 4. The fourth-order valence-corrected chi connectivity index (χ4v) is 6.25. The van der Waals surface area contributed by atoms with Gasteiger partial charge in [-0.05, 0) is 84.0 Å². The summed E-state index contributed by atoms with van der Waals surface area (Å²) >= 11 is 3.77. The summed E-state index contributed by atoms with van der Waals surface area (Å²) in [6, 6.07) is 14.6. The molecule has 27 heavy (non-hydrogen) atoms. The average Bonchev–Trinajstić information content (AvgIpc) is 2.93. The van der Waals surface area contributed by atoms with Crippen LogP contribution in [0.25, 0.3) is 10.9 Å². The van der Waals surface area contributed by atoms with Gasteiger partial charge in [-0.15, -0.1) is 0 Å². The van der Waals surface area contributed by atoms with Gasteiger partial charge in [-0.2, -0.15) is 0 Å². The maximum Gasteiger partial charge on any atom is 0.115 e. The van der Waals surface area contributed by atoms with Crippen LogP contribution in [-0.4, -0.2) is 34.7 Å². The molecule has 1 aliphatic carbocycles. The Kier molecular flexibility index (Phi) is 3.92. The zero-order chi connectivity index (χ0) is 18.8. The highest BCUT2D eigenvalue weighted by Gasteiger charge is 2.48. The van der Waals surface area contributed by atoms with Gasteiger partial charge in [0.05, 0.1) is 5.52 Å².